The van der Waals surface area contributed by atoms with E-state index in [0.29, 0.717) is 11.5 Å². The van der Waals surface area contributed by atoms with Crippen LogP contribution in [0.3, 0.4) is 0 Å². The van der Waals surface area contributed by atoms with Crippen LogP contribution in [0.15, 0.2) is 72.1 Å². The topological polar surface area (TPSA) is 104 Å². The van der Waals surface area contributed by atoms with Crippen molar-refractivity contribution in [3.8, 4) is 23.0 Å². The van der Waals surface area contributed by atoms with Gasteiger partial charge in [-0.2, -0.15) is 13.2 Å². The number of pyridine rings is 1. The highest BCUT2D eigenvalue weighted by Gasteiger charge is 2.48. The van der Waals surface area contributed by atoms with Crippen LogP contribution in [-0.4, -0.2) is 63.8 Å². The predicted molar refractivity (Wildman–Crippen MR) is 182 cm³/mol. The molecule has 48 heavy (non-hydrogen) atoms. The standard InChI is InChI=1S/C35H44F3N7O2S/c1-33(2,35(36,37)38)24-47-29-16-21-45(43-29)32-31(40-18-19-41-32)27-13-8-7-12-26(27)11-6-4-5-9-20-44(23-34(3)17-22-46-25-34)28-14-10-15-30(42-28)48-39/h7-8,10,12-16,18-19,21H,4-6,9,11,17,20,22-25,39H2,1-3H3. The maximum absolute atomic E-state index is 13.3. The molecule has 0 bridgehead atoms. The number of anilines is 1. The Hall–Kier alpha value is -3.68. The van der Waals surface area contributed by atoms with E-state index < -0.39 is 18.2 Å². The molecule has 4 heterocycles. The molecule has 258 valence electrons. The fourth-order valence-corrected chi connectivity index (χ4v) is 5.99. The quantitative estimate of drug-likeness (QED) is 0.0940. The number of hydrogen-bond acceptors (Lipinski definition) is 9. The smallest absolute Gasteiger partial charge is 0.397 e. The van der Waals surface area contributed by atoms with Crippen molar-refractivity contribution < 1.29 is 22.6 Å². The molecule has 4 aromatic rings. The number of hydrogen-bond donors (Lipinski definition) is 1. The first-order chi connectivity index (χ1) is 23.0. The summed E-state index contributed by atoms with van der Waals surface area (Å²) in [5, 5.41) is 11.0. The van der Waals surface area contributed by atoms with Crippen molar-refractivity contribution in [3.63, 3.8) is 0 Å². The van der Waals surface area contributed by atoms with Crippen LogP contribution in [-0.2, 0) is 11.2 Å². The second-order valence-electron chi connectivity index (χ2n) is 13.3. The molecule has 3 aromatic heterocycles. The third-order valence-electron chi connectivity index (χ3n) is 8.73. The van der Waals surface area contributed by atoms with Crippen molar-refractivity contribution in [2.75, 3.05) is 37.8 Å². The summed E-state index contributed by atoms with van der Waals surface area (Å²) >= 11 is 1.16. The minimum absolute atomic E-state index is 0.0863. The van der Waals surface area contributed by atoms with Gasteiger partial charge >= 0.3 is 6.18 Å². The number of rotatable bonds is 16. The number of alkyl halides is 3. The van der Waals surface area contributed by atoms with E-state index in [1.807, 2.05) is 30.3 Å². The summed E-state index contributed by atoms with van der Waals surface area (Å²) in [6.45, 7) is 7.30. The lowest BCUT2D eigenvalue weighted by molar-refractivity contribution is -0.219. The van der Waals surface area contributed by atoms with Crippen molar-refractivity contribution in [1.82, 2.24) is 24.7 Å². The summed E-state index contributed by atoms with van der Waals surface area (Å²) < 4.78 is 52.5. The molecule has 1 fully saturated rings. The Morgan fingerprint density at radius 2 is 1.81 bits per heavy atom. The first kappa shape index (κ1) is 35.6. The molecule has 1 aliphatic heterocycles. The van der Waals surface area contributed by atoms with Crippen LogP contribution >= 0.6 is 11.9 Å². The Kier molecular flexibility index (Phi) is 11.6. The van der Waals surface area contributed by atoms with E-state index in [2.05, 4.69) is 39.0 Å². The second-order valence-corrected chi connectivity index (χ2v) is 14.0. The zero-order valence-corrected chi connectivity index (χ0v) is 28.6. The molecule has 1 aromatic carbocycles. The minimum Gasteiger partial charge on any atom is -0.476 e. The number of benzene rings is 1. The van der Waals surface area contributed by atoms with Crippen molar-refractivity contribution in [1.29, 1.82) is 0 Å². The summed E-state index contributed by atoms with van der Waals surface area (Å²) in [5.74, 6) is 1.51. The normalized spacial score (nSPS) is 16.7. The maximum Gasteiger partial charge on any atom is 0.397 e. The molecule has 1 saturated heterocycles. The molecule has 0 saturated carbocycles. The summed E-state index contributed by atoms with van der Waals surface area (Å²) in [5.41, 5.74) is 0.821. The number of halogens is 3. The molecule has 1 aliphatic rings. The summed E-state index contributed by atoms with van der Waals surface area (Å²) in [6, 6.07) is 15.6. The molecule has 0 aliphatic carbocycles. The molecular weight excluding hydrogens is 639 g/mol. The van der Waals surface area contributed by atoms with E-state index in [1.165, 1.54) is 10.7 Å². The lowest BCUT2D eigenvalue weighted by Crippen LogP contribution is -2.37. The third-order valence-corrected chi connectivity index (χ3v) is 9.20. The van der Waals surface area contributed by atoms with Crippen LogP contribution in [0, 0.1) is 10.8 Å². The van der Waals surface area contributed by atoms with Gasteiger partial charge in [-0.25, -0.2) is 14.6 Å². The molecular formula is C35H44F3N7O2S. The van der Waals surface area contributed by atoms with Crippen molar-refractivity contribution >= 4 is 17.8 Å². The van der Waals surface area contributed by atoms with Crippen LogP contribution in [0.25, 0.3) is 17.1 Å². The van der Waals surface area contributed by atoms with Gasteiger partial charge in [-0.3, -0.25) is 10.1 Å². The second kappa shape index (κ2) is 15.7. The molecule has 0 amide bonds. The first-order valence-electron chi connectivity index (χ1n) is 16.3. The maximum atomic E-state index is 13.3. The van der Waals surface area contributed by atoms with E-state index in [-0.39, 0.29) is 11.3 Å². The molecule has 2 N–H and O–H groups in total. The summed E-state index contributed by atoms with van der Waals surface area (Å²) in [4.78, 5) is 16.3. The van der Waals surface area contributed by atoms with Gasteiger partial charge in [0.15, 0.2) is 5.82 Å². The Morgan fingerprint density at radius 1 is 1.02 bits per heavy atom. The number of aryl methyl sites for hydroxylation is 1. The summed E-state index contributed by atoms with van der Waals surface area (Å²) in [6.07, 6.45) is 6.52. The highest BCUT2D eigenvalue weighted by Crippen LogP contribution is 2.38. The minimum atomic E-state index is -4.39. The fraction of sp³-hybridized carbons (Fsp3) is 0.486. The molecule has 0 radical (unpaired) electrons. The van der Waals surface area contributed by atoms with Crippen molar-refractivity contribution in [2.24, 2.45) is 16.0 Å². The van der Waals surface area contributed by atoms with Crippen molar-refractivity contribution in [3.05, 3.63) is 72.7 Å². The highest BCUT2D eigenvalue weighted by atomic mass is 32.2. The Balaban J connectivity index is 1.19. The zero-order valence-electron chi connectivity index (χ0n) is 27.7. The van der Waals surface area contributed by atoms with E-state index in [0.717, 1.165) is 113 Å². The lowest BCUT2D eigenvalue weighted by Gasteiger charge is -2.32. The van der Waals surface area contributed by atoms with Crippen LogP contribution < -0.4 is 14.8 Å². The summed E-state index contributed by atoms with van der Waals surface area (Å²) in [7, 11) is 0. The SMILES string of the molecule is CC1(CN(CCCCCCc2ccccc2-c2nccnc2-n2ccc(OCC(C)(C)C(F)(F)F)n2)c2cccc(SN)n2)CCOC1. The van der Waals surface area contributed by atoms with Crippen LogP contribution in [0.1, 0.15) is 58.4 Å². The molecule has 5 rings (SSSR count). The van der Waals surface area contributed by atoms with Crippen LogP contribution in [0.5, 0.6) is 5.88 Å². The van der Waals surface area contributed by atoms with E-state index >= 15 is 0 Å². The van der Waals surface area contributed by atoms with Crippen LogP contribution in [0.2, 0.25) is 0 Å². The number of unbranched alkanes of at least 4 members (excludes halogenated alkanes) is 3. The highest BCUT2D eigenvalue weighted by molar-refractivity contribution is 7.97. The molecule has 9 nitrogen and oxygen atoms in total. The van der Waals surface area contributed by atoms with Gasteiger partial charge in [0.25, 0.3) is 0 Å². The molecule has 1 unspecified atom stereocenters. The lowest BCUT2D eigenvalue weighted by atomic mass is 9.89. The van der Waals surface area contributed by atoms with E-state index in [4.69, 9.17) is 19.6 Å². The Bertz CT molecular complexity index is 1630. The number of aromatic nitrogens is 5. The van der Waals surface area contributed by atoms with Gasteiger partial charge in [-0.15, -0.1) is 5.10 Å². The van der Waals surface area contributed by atoms with Gasteiger partial charge in [-0.05, 0) is 69.2 Å². The number of ether oxygens (including phenoxy) is 2. The van der Waals surface area contributed by atoms with Gasteiger partial charge in [0, 0.05) is 55.3 Å². The first-order valence-corrected chi connectivity index (χ1v) is 17.2. The van der Waals surface area contributed by atoms with Crippen LogP contribution in [0.4, 0.5) is 19.0 Å². The number of nitrogens with two attached hydrogens (primary N) is 1. The third kappa shape index (κ3) is 9.06. The van der Waals surface area contributed by atoms with E-state index in [1.54, 1.807) is 18.6 Å². The van der Waals surface area contributed by atoms with Gasteiger partial charge in [0.2, 0.25) is 5.88 Å². The zero-order chi connectivity index (χ0) is 34.2. The molecule has 13 heteroatoms. The predicted octanol–water partition coefficient (Wildman–Crippen LogP) is 7.69. The van der Waals surface area contributed by atoms with Gasteiger partial charge in [0.05, 0.1) is 12.0 Å². The van der Waals surface area contributed by atoms with Gasteiger partial charge in [0.1, 0.15) is 23.1 Å². The number of nitrogens with zero attached hydrogens (tertiary/aromatic N) is 6. The van der Waals surface area contributed by atoms with Crippen molar-refractivity contribution in [2.45, 2.75) is 70.5 Å². The average molecular weight is 684 g/mol. The van der Waals surface area contributed by atoms with E-state index in [9.17, 15) is 13.2 Å². The molecule has 0 spiro atoms. The fourth-order valence-electron chi connectivity index (χ4n) is 5.68. The largest absolute Gasteiger partial charge is 0.476 e. The van der Waals surface area contributed by atoms with Gasteiger partial charge < -0.3 is 14.4 Å². The van der Waals surface area contributed by atoms with Gasteiger partial charge in [-0.1, -0.05) is 50.1 Å². The Labute approximate surface area is 284 Å². The molecule has 1 atom stereocenters. The Morgan fingerprint density at radius 3 is 2.58 bits per heavy atom. The monoisotopic (exact) mass is 683 g/mol. The average Bonchev–Trinajstić information content (AvgIpc) is 3.74.